The van der Waals surface area contributed by atoms with Crippen molar-refractivity contribution in [2.45, 2.75) is 31.8 Å². The predicted octanol–water partition coefficient (Wildman–Crippen LogP) is 2.00. The lowest BCUT2D eigenvalue weighted by molar-refractivity contribution is 0.0981. The summed E-state index contributed by atoms with van der Waals surface area (Å²) in [5, 5.41) is 0. The summed E-state index contributed by atoms with van der Waals surface area (Å²) >= 11 is 0. The standard InChI is InChI=1S/C12H18N2O2/c13-12-11(6-1-7-14-12)16-9-3-5-10-4-2-8-15-10/h1,6-7,10H,2-5,8-9H2,(H2,13,14). The van der Waals surface area contributed by atoms with Gasteiger partial charge in [0.1, 0.15) is 0 Å². The zero-order valence-corrected chi connectivity index (χ0v) is 9.39. The van der Waals surface area contributed by atoms with Crippen molar-refractivity contribution in [3.63, 3.8) is 0 Å². The minimum absolute atomic E-state index is 0.440. The molecule has 2 N–H and O–H groups in total. The van der Waals surface area contributed by atoms with Gasteiger partial charge >= 0.3 is 0 Å². The first-order valence-electron chi connectivity index (χ1n) is 5.81. The van der Waals surface area contributed by atoms with Gasteiger partial charge in [-0.1, -0.05) is 0 Å². The average Bonchev–Trinajstić information content (AvgIpc) is 2.79. The van der Waals surface area contributed by atoms with E-state index in [0.29, 0.717) is 24.3 Å². The van der Waals surface area contributed by atoms with E-state index >= 15 is 0 Å². The fourth-order valence-corrected chi connectivity index (χ4v) is 1.89. The van der Waals surface area contributed by atoms with Crippen molar-refractivity contribution in [1.29, 1.82) is 0 Å². The van der Waals surface area contributed by atoms with Crippen molar-refractivity contribution < 1.29 is 9.47 Å². The fraction of sp³-hybridized carbons (Fsp3) is 0.583. The molecule has 1 aliphatic heterocycles. The Morgan fingerprint density at radius 2 is 2.50 bits per heavy atom. The summed E-state index contributed by atoms with van der Waals surface area (Å²) in [6.07, 6.45) is 6.55. The summed E-state index contributed by atoms with van der Waals surface area (Å²) in [6.45, 7) is 1.59. The van der Waals surface area contributed by atoms with Crippen LogP contribution in [-0.2, 0) is 4.74 Å². The van der Waals surface area contributed by atoms with Gasteiger partial charge in [0, 0.05) is 12.8 Å². The van der Waals surface area contributed by atoms with Gasteiger partial charge in [0.25, 0.3) is 0 Å². The third-order valence-electron chi connectivity index (χ3n) is 2.75. The lowest BCUT2D eigenvalue weighted by Crippen LogP contribution is -2.08. The monoisotopic (exact) mass is 222 g/mol. The van der Waals surface area contributed by atoms with E-state index in [2.05, 4.69) is 4.98 Å². The molecule has 0 saturated carbocycles. The van der Waals surface area contributed by atoms with Gasteiger partial charge in [-0.25, -0.2) is 4.98 Å². The lowest BCUT2D eigenvalue weighted by Gasteiger charge is -2.10. The van der Waals surface area contributed by atoms with Crippen LogP contribution in [0.3, 0.4) is 0 Å². The molecule has 0 aromatic carbocycles. The Labute approximate surface area is 95.8 Å². The summed E-state index contributed by atoms with van der Waals surface area (Å²) in [4.78, 5) is 3.96. The van der Waals surface area contributed by atoms with E-state index in [9.17, 15) is 0 Å². The molecule has 1 aliphatic rings. The minimum atomic E-state index is 0.440. The zero-order valence-electron chi connectivity index (χ0n) is 9.39. The summed E-state index contributed by atoms with van der Waals surface area (Å²) < 4.78 is 11.1. The van der Waals surface area contributed by atoms with E-state index < -0.39 is 0 Å². The third kappa shape index (κ3) is 3.10. The molecule has 4 nitrogen and oxygen atoms in total. The molecule has 4 heteroatoms. The quantitative estimate of drug-likeness (QED) is 0.774. The highest BCUT2D eigenvalue weighted by Gasteiger charge is 2.14. The van der Waals surface area contributed by atoms with Crippen LogP contribution in [-0.4, -0.2) is 24.3 Å². The average molecular weight is 222 g/mol. The number of nitrogens with two attached hydrogens (primary N) is 1. The second-order valence-electron chi connectivity index (χ2n) is 4.01. The van der Waals surface area contributed by atoms with E-state index in [4.69, 9.17) is 15.2 Å². The molecule has 2 heterocycles. The van der Waals surface area contributed by atoms with Crippen LogP contribution in [0.5, 0.6) is 5.75 Å². The number of nitrogens with zero attached hydrogens (tertiary/aromatic N) is 1. The van der Waals surface area contributed by atoms with Crippen molar-refractivity contribution >= 4 is 5.82 Å². The largest absolute Gasteiger partial charge is 0.490 e. The molecule has 1 unspecified atom stereocenters. The predicted molar refractivity (Wildman–Crippen MR) is 62.4 cm³/mol. The van der Waals surface area contributed by atoms with Crippen molar-refractivity contribution in [3.8, 4) is 5.75 Å². The van der Waals surface area contributed by atoms with Crippen LogP contribution in [0.25, 0.3) is 0 Å². The van der Waals surface area contributed by atoms with Crippen LogP contribution < -0.4 is 10.5 Å². The van der Waals surface area contributed by atoms with Gasteiger partial charge in [0.15, 0.2) is 11.6 Å². The summed E-state index contributed by atoms with van der Waals surface area (Å²) in [6, 6.07) is 3.67. The van der Waals surface area contributed by atoms with Gasteiger partial charge in [0.2, 0.25) is 0 Å². The summed E-state index contributed by atoms with van der Waals surface area (Å²) in [5.74, 6) is 1.13. The Hall–Kier alpha value is -1.29. The minimum Gasteiger partial charge on any atom is -0.490 e. The number of anilines is 1. The van der Waals surface area contributed by atoms with Gasteiger partial charge in [0.05, 0.1) is 12.7 Å². The Kier molecular flexibility index (Phi) is 3.99. The highest BCUT2D eigenvalue weighted by atomic mass is 16.5. The first kappa shape index (κ1) is 11.2. The molecule has 1 aromatic heterocycles. The van der Waals surface area contributed by atoms with Gasteiger partial charge < -0.3 is 15.2 Å². The maximum atomic E-state index is 5.66. The Bertz CT molecular complexity index is 325. The number of nitrogen functional groups attached to an aromatic ring is 1. The number of hydrogen-bond donors (Lipinski definition) is 1. The lowest BCUT2D eigenvalue weighted by atomic mass is 10.1. The van der Waals surface area contributed by atoms with E-state index in [-0.39, 0.29) is 0 Å². The molecule has 0 spiro atoms. The van der Waals surface area contributed by atoms with Crippen LogP contribution in [0, 0.1) is 0 Å². The first-order valence-corrected chi connectivity index (χ1v) is 5.81. The first-order chi connectivity index (χ1) is 7.86. The van der Waals surface area contributed by atoms with Crippen LogP contribution in [0.1, 0.15) is 25.7 Å². The SMILES string of the molecule is Nc1ncccc1OCCCC1CCCO1. The van der Waals surface area contributed by atoms with E-state index in [1.807, 2.05) is 12.1 Å². The Morgan fingerprint density at radius 3 is 3.25 bits per heavy atom. The highest BCUT2D eigenvalue weighted by Crippen LogP contribution is 2.19. The molecule has 0 bridgehead atoms. The molecule has 88 valence electrons. The molecular formula is C12H18N2O2. The Morgan fingerprint density at radius 1 is 1.56 bits per heavy atom. The van der Waals surface area contributed by atoms with Crippen LogP contribution in [0.2, 0.25) is 0 Å². The van der Waals surface area contributed by atoms with E-state index in [1.165, 1.54) is 12.8 Å². The maximum absolute atomic E-state index is 5.66. The highest BCUT2D eigenvalue weighted by molar-refractivity contribution is 5.44. The molecule has 2 rings (SSSR count). The van der Waals surface area contributed by atoms with Crippen LogP contribution >= 0.6 is 0 Å². The second kappa shape index (κ2) is 5.70. The van der Waals surface area contributed by atoms with Crippen LogP contribution in [0.15, 0.2) is 18.3 Å². The number of ether oxygens (including phenoxy) is 2. The third-order valence-corrected chi connectivity index (χ3v) is 2.75. The van der Waals surface area contributed by atoms with E-state index in [0.717, 1.165) is 19.4 Å². The van der Waals surface area contributed by atoms with Gasteiger partial charge in [-0.2, -0.15) is 0 Å². The van der Waals surface area contributed by atoms with Crippen LogP contribution in [0.4, 0.5) is 5.82 Å². The van der Waals surface area contributed by atoms with Crippen molar-refractivity contribution in [1.82, 2.24) is 4.98 Å². The van der Waals surface area contributed by atoms with Gasteiger partial charge in [-0.15, -0.1) is 0 Å². The normalized spacial score (nSPS) is 19.9. The van der Waals surface area contributed by atoms with Crippen molar-refractivity contribution in [2.75, 3.05) is 18.9 Å². The number of rotatable bonds is 5. The summed E-state index contributed by atoms with van der Waals surface area (Å²) in [5.41, 5.74) is 5.66. The molecule has 1 fully saturated rings. The van der Waals surface area contributed by atoms with Gasteiger partial charge in [-0.3, -0.25) is 0 Å². The van der Waals surface area contributed by atoms with Crippen molar-refractivity contribution in [3.05, 3.63) is 18.3 Å². The Balaban J connectivity index is 1.66. The maximum Gasteiger partial charge on any atom is 0.166 e. The zero-order chi connectivity index (χ0) is 11.2. The molecule has 1 saturated heterocycles. The molecule has 1 atom stereocenters. The fourth-order valence-electron chi connectivity index (χ4n) is 1.89. The number of pyridine rings is 1. The van der Waals surface area contributed by atoms with E-state index in [1.54, 1.807) is 6.20 Å². The molecule has 1 aromatic rings. The topological polar surface area (TPSA) is 57.4 Å². The number of aromatic nitrogens is 1. The summed E-state index contributed by atoms with van der Waals surface area (Å²) in [7, 11) is 0. The molecular weight excluding hydrogens is 204 g/mol. The molecule has 0 aliphatic carbocycles. The molecule has 0 radical (unpaired) electrons. The van der Waals surface area contributed by atoms with Gasteiger partial charge in [-0.05, 0) is 37.8 Å². The van der Waals surface area contributed by atoms with Crippen molar-refractivity contribution in [2.24, 2.45) is 0 Å². The smallest absolute Gasteiger partial charge is 0.166 e. The number of hydrogen-bond acceptors (Lipinski definition) is 4. The molecule has 0 amide bonds. The second-order valence-corrected chi connectivity index (χ2v) is 4.01. The molecule has 16 heavy (non-hydrogen) atoms.